The van der Waals surface area contributed by atoms with Crippen LogP contribution in [0.25, 0.3) is 22.2 Å². The first-order valence-electron chi connectivity index (χ1n) is 7.47. The largest absolute Gasteiger partial charge is 0.497 e. The Hall–Kier alpha value is -2.84. The number of pyridine rings is 1. The number of nitrogens with zero attached hydrogens (tertiary/aromatic N) is 1. The molecule has 1 heterocycles. The summed E-state index contributed by atoms with van der Waals surface area (Å²) in [6.07, 6.45) is 5.18. The number of aromatic nitrogens is 1. The fraction of sp³-hybridized carbons (Fsp3) is 0.100. The maximum absolute atomic E-state index is 12.4. The summed E-state index contributed by atoms with van der Waals surface area (Å²) in [6, 6.07) is 14.8. The van der Waals surface area contributed by atoms with Crippen LogP contribution in [0.4, 0.5) is 0 Å². The van der Waals surface area contributed by atoms with E-state index in [4.69, 9.17) is 15.9 Å². The predicted molar refractivity (Wildman–Crippen MR) is 101 cm³/mol. The second kappa shape index (κ2) is 7.37. The summed E-state index contributed by atoms with van der Waals surface area (Å²) in [5.74, 6) is 2.58. The maximum atomic E-state index is 12.4. The van der Waals surface area contributed by atoms with Crippen molar-refractivity contribution in [2.75, 3.05) is 13.7 Å². The molecule has 0 spiro atoms. The van der Waals surface area contributed by atoms with Gasteiger partial charge in [-0.25, -0.2) is 9.78 Å². The van der Waals surface area contributed by atoms with E-state index >= 15 is 0 Å². The van der Waals surface area contributed by atoms with E-state index in [1.165, 1.54) is 0 Å². The second-order valence-corrected chi connectivity index (χ2v) is 6.14. The summed E-state index contributed by atoms with van der Waals surface area (Å²) in [5.41, 5.74) is 2.67. The van der Waals surface area contributed by atoms with E-state index in [2.05, 4.69) is 26.8 Å². The third-order valence-electron chi connectivity index (χ3n) is 3.66. The minimum atomic E-state index is -0.474. The lowest BCUT2D eigenvalue weighted by Gasteiger charge is -2.10. The molecule has 0 fully saturated rings. The second-order valence-electron chi connectivity index (χ2n) is 5.23. The Kier molecular flexibility index (Phi) is 5.01. The van der Waals surface area contributed by atoms with Crippen LogP contribution in [0.5, 0.6) is 5.75 Å². The number of hydrogen-bond acceptors (Lipinski definition) is 4. The topological polar surface area (TPSA) is 48.4 Å². The van der Waals surface area contributed by atoms with Crippen molar-refractivity contribution in [1.82, 2.24) is 4.98 Å². The summed E-state index contributed by atoms with van der Waals surface area (Å²) >= 11 is 3.42. The number of terminal acetylenes is 1. The van der Waals surface area contributed by atoms with E-state index in [-0.39, 0.29) is 6.61 Å². The normalized spacial score (nSPS) is 10.3. The van der Waals surface area contributed by atoms with Crippen LogP contribution < -0.4 is 4.74 Å². The quantitative estimate of drug-likeness (QED) is 0.483. The van der Waals surface area contributed by atoms with Crippen LogP contribution in [0.2, 0.25) is 0 Å². The molecule has 25 heavy (non-hydrogen) atoms. The molecule has 0 unspecified atom stereocenters. The Balaban J connectivity index is 2.15. The Labute approximate surface area is 153 Å². The van der Waals surface area contributed by atoms with E-state index in [9.17, 15) is 4.79 Å². The first-order chi connectivity index (χ1) is 12.1. The van der Waals surface area contributed by atoms with Gasteiger partial charge < -0.3 is 9.47 Å². The van der Waals surface area contributed by atoms with Gasteiger partial charge >= 0.3 is 5.97 Å². The average molecular weight is 396 g/mol. The highest BCUT2D eigenvalue weighted by atomic mass is 79.9. The molecule has 0 aliphatic carbocycles. The average Bonchev–Trinajstić information content (AvgIpc) is 2.65. The Morgan fingerprint density at radius 1 is 1.20 bits per heavy atom. The molecule has 0 atom stereocenters. The first-order valence-corrected chi connectivity index (χ1v) is 8.27. The molecule has 0 aliphatic rings. The van der Waals surface area contributed by atoms with Gasteiger partial charge in [0.1, 0.15) is 5.75 Å². The zero-order chi connectivity index (χ0) is 17.8. The molecule has 124 valence electrons. The Bertz CT molecular complexity index is 975. The highest BCUT2D eigenvalue weighted by molar-refractivity contribution is 9.10. The summed E-state index contributed by atoms with van der Waals surface area (Å²) in [4.78, 5) is 17.1. The van der Waals surface area contributed by atoms with Crippen molar-refractivity contribution >= 4 is 32.8 Å². The van der Waals surface area contributed by atoms with Gasteiger partial charge in [-0.2, -0.15) is 0 Å². The predicted octanol–water partition coefficient (Wildman–Crippen LogP) is 4.46. The summed E-state index contributed by atoms with van der Waals surface area (Å²) in [7, 11) is 1.61. The molecule has 4 nitrogen and oxygen atoms in total. The smallest absolute Gasteiger partial charge is 0.339 e. The third-order valence-corrected chi connectivity index (χ3v) is 4.16. The van der Waals surface area contributed by atoms with Crippen LogP contribution in [0.1, 0.15) is 10.4 Å². The van der Waals surface area contributed by atoms with E-state index in [1.807, 2.05) is 42.5 Å². The van der Waals surface area contributed by atoms with Crippen LogP contribution in [0.3, 0.4) is 0 Å². The fourth-order valence-corrected chi connectivity index (χ4v) is 2.82. The number of benzene rings is 2. The van der Waals surface area contributed by atoms with Crippen molar-refractivity contribution in [1.29, 1.82) is 0 Å². The minimum Gasteiger partial charge on any atom is -0.497 e. The summed E-state index contributed by atoms with van der Waals surface area (Å²) in [5, 5.41) is 0.702. The van der Waals surface area contributed by atoms with Crippen LogP contribution in [-0.4, -0.2) is 24.7 Å². The van der Waals surface area contributed by atoms with Crippen LogP contribution >= 0.6 is 15.9 Å². The number of rotatable bonds is 4. The third kappa shape index (κ3) is 3.65. The van der Waals surface area contributed by atoms with E-state index < -0.39 is 5.97 Å². The molecule has 0 bridgehead atoms. The molecule has 5 heteroatoms. The van der Waals surface area contributed by atoms with Crippen LogP contribution in [0, 0.1) is 12.3 Å². The van der Waals surface area contributed by atoms with Gasteiger partial charge in [0.2, 0.25) is 0 Å². The van der Waals surface area contributed by atoms with Crippen LogP contribution in [0.15, 0.2) is 53.0 Å². The summed E-state index contributed by atoms with van der Waals surface area (Å²) < 4.78 is 11.1. The van der Waals surface area contributed by atoms with Crippen molar-refractivity contribution in [3.05, 3.63) is 58.6 Å². The lowest BCUT2D eigenvalue weighted by atomic mass is 10.0. The molecular weight excluding hydrogens is 382 g/mol. The molecule has 0 N–H and O–H groups in total. The standard InChI is InChI=1S/C20H14BrNO3/c1-3-10-25-20(23)17-12-19(13-4-7-15(24-2)8-5-13)22-18-9-6-14(21)11-16(17)18/h1,4-9,11-12H,10H2,2H3. The van der Waals surface area contributed by atoms with Gasteiger partial charge in [-0.1, -0.05) is 21.9 Å². The molecule has 1 aromatic heterocycles. The lowest BCUT2D eigenvalue weighted by molar-refractivity contribution is 0.0559. The van der Waals surface area contributed by atoms with E-state index in [0.717, 1.165) is 15.8 Å². The maximum Gasteiger partial charge on any atom is 0.339 e. The zero-order valence-electron chi connectivity index (χ0n) is 13.5. The molecule has 0 radical (unpaired) electrons. The molecule has 2 aromatic carbocycles. The van der Waals surface area contributed by atoms with Gasteiger partial charge in [0, 0.05) is 15.4 Å². The van der Waals surface area contributed by atoms with Gasteiger partial charge in [-0.05, 0) is 48.5 Å². The van der Waals surface area contributed by atoms with Gasteiger partial charge in [0.15, 0.2) is 6.61 Å². The number of halogens is 1. The number of fused-ring (bicyclic) bond motifs is 1. The number of esters is 1. The Morgan fingerprint density at radius 2 is 1.96 bits per heavy atom. The van der Waals surface area contributed by atoms with E-state index in [0.29, 0.717) is 22.2 Å². The van der Waals surface area contributed by atoms with Gasteiger partial charge in [-0.3, -0.25) is 0 Å². The van der Waals surface area contributed by atoms with E-state index in [1.54, 1.807) is 13.2 Å². The van der Waals surface area contributed by atoms with Gasteiger partial charge in [0.25, 0.3) is 0 Å². The minimum absolute atomic E-state index is 0.0749. The monoisotopic (exact) mass is 395 g/mol. The lowest BCUT2D eigenvalue weighted by Crippen LogP contribution is -2.07. The molecule has 0 amide bonds. The SMILES string of the molecule is C#CCOC(=O)c1cc(-c2ccc(OC)cc2)nc2ccc(Br)cc12. The van der Waals surface area contributed by atoms with Crippen molar-refractivity contribution < 1.29 is 14.3 Å². The van der Waals surface area contributed by atoms with Crippen LogP contribution in [-0.2, 0) is 4.74 Å². The number of methoxy groups -OCH3 is 1. The van der Waals surface area contributed by atoms with Gasteiger partial charge in [-0.15, -0.1) is 6.42 Å². The number of carbonyl (C=O) groups is 1. The molecule has 3 rings (SSSR count). The van der Waals surface area contributed by atoms with Crippen molar-refractivity contribution in [3.63, 3.8) is 0 Å². The number of hydrogen-bond donors (Lipinski definition) is 0. The number of carbonyl (C=O) groups excluding carboxylic acids is 1. The number of ether oxygens (including phenoxy) is 2. The zero-order valence-corrected chi connectivity index (χ0v) is 15.0. The molecule has 3 aromatic rings. The summed E-state index contributed by atoms with van der Waals surface area (Å²) in [6.45, 7) is -0.0749. The highest BCUT2D eigenvalue weighted by Crippen LogP contribution is 2.28. The Morgan fingerprint density at radius 3 is 2.64 bits per heavy atom. The fourth-order valence-electron chi connectivity index (χ4n) is 2.46. The van der Waals surface area contributed by atoms with Crippen molar-refractivity contribution in [3.8, 4) is 29.4 Å². The van der Waals surface area contributed by atoms with Gasteiger partial charge in [0.05, 0.1) is 23.9 Å². The van der Waals surface area contributed by atoms with Crippen molar-refractivity contribution in [2.45, 2.75) is 0 Å². The van der Waals surface area contributed by atoms with Crippen molar-refractivity contribution in [2.24, 2.45) is 0 Å². The molecule has 0 saturated carbocycles. The first kappa shape index (κ1) is 17.0. The molecular formula is C20H14BrNO3. The molecule has 0 aliphatic heterocycles. The highest BCUT2D eigenvalue weighted by Gasteiger charge is 2.15. The molecule has 0 saturated heterocycles.